The number of nitrogens with zero attached hydrogens (tertiary/aromatic N) is 3. The summed E-state index contributed by atoms with van der Waals surface area (Å²) in [7, 11) is -1.56. The van der Waals surface area contributed by atoms with Gasteiger partial charge in [0.05, 0.1) is 4.92 Å². The molecule has 8 heteroatoms. The van der Waals surface area contributed by atoms with E-state index in [1.165, 1.54) is 12.1 Å². The van der Waals surface area contributed by atoms with E-state index < -0.39 is 14.8 Å². The van der Waals surface area contributed by atoms with E-state index in [4.69, 9.17) is 0 Å². The van der Waals surface area contributed by atoms with Gasteiger partial charge in [0, 0.05) is 37.6 Å². The van der Waals surface area contributed by atoms with Crippen molar-refractivity contribution < 1.29 is 13.3 Å². The highest BCUT2D eigenvalue weighted by molar-refractivity contribution is 7.90. The molecule has 7 nitrogen and oxygen atoms in total. The lowest BCUT2D eigenvalue weighted by Crippen LogP contribution is -2.28. The third-order valence-corrected chi connectivity index (χ3v) is 5.43. The zero-order valence-corrected chi connectivity index (χ0v) is 14.5. The molecule has 23 heavy (non-hydrogen) atoms. The quantitative estimate of drug-likeness (QED) is 0.579. The Bertz CT molecular complexity index is 690. The van der Waals surface area contributed by atoms with Crippen molar-refractivity contribution in [1.29, 1.82) is 0 Å². The number of hydrogen-bond acceptors (Lipinski definition) is 6. The fourth-order valence-corrected chi connectivity index (χ4v) is 3.79. The third-order valence-electron chi connectivity index (χ3n) is 4.30. The zero-order valence-electron chi connectivity index (χ0n) is 13.7. The number of sulfone groups is 1. The van der Waals surface area contributed by atoms with E-state index in [0.717, 1.165) is 44.5 Å². The Morgan fingerprint density at radius 1 is 1.43 bits per heavy atom. The van der Waals surface area contributed by atoms with Crippen LogP contribution in [0.5, 0.6) is 0 Å². The molecule has 0 bridgehead atoms. The molecule has 0 amide bonds. The minimum atomic E-state index is -3.64. The molecule has 1 aromatic rings. The van der Waals surface area contributed by atoms with E-state index in [2.05, 4.69) is 23.8 Å². The summed E-state index contributed by atoms with van der Waals surface area (Å²) in [6, 6.07) is 4.36. The lowest BCUT2D eigenvalue weighted by molar-refractivity contribution is -0.387. The predicted molar refractivity (Wildman–Crippen MR) is 89.7 cm³/mol. The van der Waals surface area contributed by atoms with Gasteiger partial charge in [0.2, 0.25) is 0 Å². The highest BCUT2D eigenvalue weighted by Crippen LogP contribution is 2.31. The van der Waals surface area contributed by atoms with Crippen LogP contribution in [0.3, 0.4) is 0 Å². The number of nitro benzene ring substituents is 1. The van der Waals surface area contributed by atoms with Crippen molar-refractivity contribution in [3.63, 3.8) is 0 Å². The molecule has 128 valence electrons. The van der Waals surface area contributed by atoms with E-state index in [-0.39, 0.29) is 10.6 Å². The molecule has 0 aromatic heterocycles. The topological polar surface area (TPSA) is 83.8 Å². The molecule has 2 rings (SSSR count). The predicted octanol–water partition coefficient (Wildman–Crippen LogP) is 1.78. The molecule has 0 radical (unpaired) electrons. The summed E-state index contributed by atoms with van der Waals surface area (Å²) in [5.41, 5.74) is 0.371. The Morgan fingerprint density at radius 3 is 2.70 bits per heavy atom. The first-order valence-corrected chi connectivity index (χ1v) is 9.53. The lowest BCUT2D eigenvalue weighted by atomic mass is 10.1. The van der Waals surface area contributed by atoms with Crippen molar-refractivity contribution in [2.24, 2.45) is 5.92 Å². The fraction of sp³-hybridized carbons (Fsp3) is 0.600. The van der Waals surface area contributed by atoms with Crippen molar-refractivity contribution in [2.75, 3.05) is 44.4 Å². The smallest absolute Gasteiger partial charge is 0.288 e. The Kier molecular flexibility index (Phi) is 5.26. The van der Waals surface area contributed by atoms with Crippen LogP contribution in [0.2, 0.25) is 0 Å². The summed E-state index contributed by atoms with van der Waals surface area (Å²) in [6.07, 6.45) is 2.04. The van der Waals surface area contributed by atoms with Crippen molar-refractivity contribution >= 4 is 21.2 Å². The van der Waals surface area contributed by atoms with E-state index in [9.17, 15) is 18.5 Å². The second kappa shape index (κ2) is 6.84. The molecule has 1 saturated heterocycles. The first kappa shape index (κ1) is 17.7. The fourth-order valence-electron chi connectivity index (χ4n) is 2.93. The van der Waals surface area contributed by atoms with Gasteiger partial charge in [-0.3, -0.25) is 10.1 Å². The number of rotatable bonds is 6. The Labute approximate surface area is 137 Å². The average Bonchev–Trinajstić information content (AvgIpc) is 2.94. The van der Waals surface area contributed by atoms with Crippen molar-refractivity contribution in [3.8, 4) is 0 Å². The summed E-state index contributed by atoms with van der Waals surface area (Å²) in [4.78, 5) is 14.5. The van der Waals surface area contributed by atoms with Crippen LogP contribution in [0.1, 0.15) is 13.3 Å². The van der Waals surface area contributed by atoms with Crippen LogP contribution in [-0.2, 0) is 9.84 Å². The summed E-state index contributed by atoms with van der Waals surface area (Å²) < 4.78 is 23.7. The van der Waals surface area contributed by atoms with Crippen LogP contribution in [0, 0.1) is 16.0 Å². The van der Waals surface area contributed by atoms with Gasteiger partial charge < -0.3 is 9.80 Å². The zero-order chi connectivity index (χ0) is 17.2. The number of benzene rings is 1. The second-order valence-corrected chi connectivity index (χ2v) is 8.12. The molecule has 1 aliphatic rings. The third kappa shape index (κ3) is 4.20. The van der Waals surface area contributed by atoms with E-state index in [0.29, 0.717) is 5.92 Å². The number of anilines is 1. The Morgan fingerprint density at radius 2 is 2.13 bits per heavy atom. The van der Waals surface area contributed by atoms with Gasteiger partial charge >= 0.3 is 0 Å². The molecule has 1 atom stereocenters. The molecule has 1 heterocycles. The van der Waals surface area contributed by atoms with Gasteiger partial charge in [-0.15, -0.1) is 0 Å². The van der Waals surface area contributed by atoms with Gasteiger partial charge in [-0.05, 0) is 38.1 Å². The van der Waals surface area contributed by atoms with Crippen molar-refractivity contribution in [2.45, 2.75) is 18.2 Å². The molecule has 0 saturated carbocycles. The number of nitro groups is 1. The first-order valence-electron chi connectivity index (χ1n) is 7.64. The van der Waals surface area contributed by atoms with Gasteiger partial charge in [-0.2, -0.15) is 0 Å². The molecule has 1 unspecified atom stereocenters. The SMILES string of the molecule is CCN(C)CC1CCN(c2ccc([N+](=O)[O-])c(S(C)(=O)=O)c2)C1. The molecular weight excluding hydrogens is 318 g/mol. The second-order valence-electron chi connectivity index (χ2n) is 6.14. The Balaban J connectivity index is 2.23. The molecule has 0 spiro atoms. The molecule has 1 fully saturated rings. The van der Waals surface area contributed by atoms with Gasteiger partial charge in [0.1, 0.15) is 4.90 Å². The number of hydrogen-bond donors (Lipinski definition) is 0. The molecule has 0 N–H and O–H groups in total. The van der Waals surface area contributed by atoms with Crippen LogP contribution in [-0.4, -0.2) is 57.7 Å². The first-order chi connectivity index (χ1) is 10.7. The molecular formula is C15H23N3O4S. The summed E-state index contributed by atoms with van der Waals surface area (Å²) >= 11 is 0. The van der Waals surface area contributed by atoms with Crippen molar-refractivity contribution in [3.05, 3.63) is 28.3 Å². The summed E-state index contributed by atoms with van der Waals surface area (Å²) in [5.74, 6) is 0.525. The van der Waals surface area contributed by atoms with Gasteiger partial charge in [0.25, 0.3) is 5.69 Å². The summed E-state index contributed by atoms with van der Waals surface area (Å²) in [5, 5.41) is 11.0. The van der Waals surface area contributed by atoms with Crippen LogP contribution in [0.25, 0.3) is 0 Å². The standard InChI is InChI=1S/C15H23N3O4S/c1-4-16(2)10-12-7-8-17(11-12)13-5-6-14(18(19)20)15(9-13)23(3,21)22/h5-6,9,12H,4,7-8,10-11H2,1-3H3. The highest BCUT2D eigenvalue weighted by atomic mass is 32.2. The van der Waals surface area contributed by atoms with Crippen LogP contribution >= 0.6 is 0 Å². The minimum absolute atomic E-state index is 0.214. The largest absolute Gasteiger partial charge is 0.371 e. The summed E-state index contributed by atoms with van der Waals surface area (Å²) in [6.45, 7) is 5.78. The van der Waals surface area contributed by atoms with E-state index in [1.54, 1.807) is 6.07 Å². The van der Waals surface area contributed by atoms with E-state index >= 15 is 0 Å². The van der Waals surface area contributed by atoms with Gasteiger partial charge in [-0.25, -0.2) is 8.42 Å². The maximum atomic E-state index is 11.8. The normalized spacial score (nSPS) is 18.6. The van der Waals surface area contributed by atoms with Crippen molar-refractivity contribution in [1.82, 2.24) is 4.90 Å². The average molecular weight is 341 g/mol. The monoisotopic (exact) mass is 341 g/mol. The maximum absolute atomic E-state index is 11.8. The maximum Gasteiger partial charge on any atom is 0.288 e. The Hall–Kier alpha value is -1.67. The van der Waals surface area contributed by atoms with Gasteiger partial charge in [0.15, 0.2) is 9.84 Å². The minimum Gasteiger partial charge on any atom is -0.371 e. The van der Waals surface area contributed by atoms with E-state index in [1.807, 2.05) is 0 Å². The highest BCUT2D eigenvalue weighted by Gasteiger charge is 2.27. The molecule has 1 aromatic carbocycles. The van der Waals surface area contributed by atoms with Gasteiger partial charge in [-0.1, -0.05) is 6.92 Å². The van der Waals surface area contributed by atoms with Crippen LogP contribution < -0.4 is 4.90 Å². The molecule has 1 aliphatic heterocycles. The molecule has 0 aliphatic carbocycles. The van der Waals surface area contributed by atoms with Crippen LogP contribution in [0.15, 0.2) is 23.1 Å². The van der Waals surface area contributed by atoms with Crippen LogP contribution in [0.4, 0.5) is 11.4 Å². The lowest BCUT2D eigenvalue weighted by Gasteiger charge is -2.21.